The van der Waals surface area contributed by atoms with Crippen LogP contribution in [0.2, 0.25) is 0 Å². The van der Waals surface area contributed by atoms with E-state index in [9.17, 15) is 0 Å². The molecular formula is C13H16ClN3. The first-order valence-corrected chi connectivity index (χ1v) is 6.37. The van der Waals surface area contributed by atoms with E-state index in [0.29, 0.717) is 11.9 Å². The number of nitrogens with one attached hydrogen (secondary N) is 1. The summed E-state index contributed by atoms with van der Waals surface area (Å²) in [7, 11) is 0. The Balaban J connectivity index is 2.18. The van der Waals surface area contributed by atoms with Gasteiger partial charge in [0.1, 0.15) is 0 Å². The number of halogens is 1. The van der Waals surface area contributed by atoms with Crippen molar-refractivity contribution >= 4 is 28.2 Å². The number of rotatable bonds is 5. The number of hydrogen-bond acceptors (Lipinski definition) is 3. The predicted molar refractivity (Wildman–Crippen MR) is 72.6 cm³/mol. The highest BCUT2D eigenvalue weighted by molar-refractivity contribution is 6.17. The normalized spacial score (nSPS) is 12.6. The molecule has 1 aromatic carbocycles. The predicted octanol–water partition coefficient (Wildman–Crippen LogP) is 3.45. The minimum atomic E-state index is 0.355. The summed E-state index contributed by atoms with van der Waals surface area (Å²) < 4.78 is 0. The molecule has 2 aromatic rings. The molecule has 0 saturated heterocycles. The van der Waals surface area contributed by atoms with Crippen molar-refractivity contribution in [3.63, 3.8) is 0 Å². The highest BCUT2D eigenvalue weighted by Gasteiger charge is 2.06. The number of anilines is 1. The summed E-state index contributed by atoms with van der Waals surface area (Å²) >= 11 is 5.69. The maximum absolute atomic E-state index is 5.69. The molecule has 0 aliphatic carbocycles. The van der Waals surface area contributed by atoms with E-state index in [2.05, 4.69) is 28.5 Å². The smallest absolute Gasteiger partial charge is 0.156 e. The summed E-state index contributed by atoms with van der Waals surface area (Å²) in [5.74, 6) is 1.55. The van der Waals surface area contributed by atoms with Crippen molar-refractivity contribution < 1.29 is 0 Å². The molecule has 0 fully saturated rings. The van der Waals surface area contributed by atoms with Gasteiger partial charge in [-0.15, -0.1) is 16.7 Å². The maximum Gasteiger partial charge on any atom is 0.156 e. The lowest BCUT2D eigenvalue weighted by Crippen LogP contribution is -2.16. The van der Waals surface area contributed by atoms with Crippen LogP contribution < -0.4 is 5.32 Å². The molecule has 3 nitrogen and oxygen atoms in total. The first kappa shape index (κ1) is 12.1. The van der Waals surface area contributed by atoms with Crippen LogP contribution in [0, 0.1) is 0 Å². The molecule has 0 aliphatic heterocycles. The van der Waals surface area contributed by atoms with E-state index >= 15 is 0 Å². The zero-order chi connectivity index (χ0) is 12.1. The van der Waals surface area contributed by atoms with E-state index in [1.165, 1.54) is 0 Å². The highest BCUT2D eigenvalue weighted by Crippen LogP contribution is 2.20. The second-order valence-electron chi connectivity index (χ2n) is 4.16. The molecule has 1 heterocycles. The molecule has 90 valence electrons. The van der Waals surface area contributed by atoms with Gasteiger partial charge in [0.25, 0.3) is 0 Å². The van der Waals surface area contributed by atoms with Crippen molar-refractivity contribution in [3.05, 3.63) is 30.5 Å². The van der Waals surface area contributed by atoms with Gasteiger partial charge >= 0.3 is 0 Å². The Morgan fingerprint density at radius 1 is 1.35 bits per heavy atom. The van der Waals surface area contributed by atoms with Crippen molar-refractivity contribution in [2.24, 2.45) is 0 Å². The summed E-state index contributed by atoms with van der Waals surface area (Å²) in [5, 5.41) is 13.8. The Labute approximate surface area is 106 Å². The average molecular weight is 250 g/mol. The molecule has 17 heavy (non-hydrogen) atoms. The van der Waals surface area contributed by atoms with Gasteiger partial charge in [-0.05, 0) is 19.8 Å². The van der Waals surface area contributed by atoms with Crippen LogP contribution in [-0.2, 0) is 0 Å². The zero-order valence-electron chi connectivity index (χ0n) is 9.86. The van der Waals surface area contributed by atoms with Crippen LogP contribution in [0.15, 0.2) is 30.5 Å². The molecule has 0 bridgehead atoms. The number of alkyl halides is 1. The molecule has 2 rings (SSSR count). The summed E-state index contributed by atoms with van der Waals surface area (Å²) in [5.41, 5.74) is 0. The summed E-state index contributed by atoms with van der Waals surface area (Å²) in [6, 6.07) is 8.47. The second-order valence-corrected chi connectivity index (χ2v) is 4.53. The first-order chi connectivity index (χ1) is 8.31. The zero-order valence-corrected chi connectivity index (χ0v) is 10.6. The standard InChI is InChI=1S/C13H16ClN3/c1-10(5-4-8-14)16-13-12-7-3-2-6-11(12)9-15-17-13/h2-3,6-7,9-10H,4-5,8H2,1H3,(H,16,17). The number of fused-ring (bicyclic) bond motifs is 1. The SMILES string of the molecule is CC(CCCCl)Nc1nncc2ccccc12. The molecule has 0 spiro atoms. The lowest BCUT2D eigenvalue weighted by atomic mass is 10.1. The number of hydrogen-bond donors (Lipinski definition) is 1. The van der Waals surface area contributed by atoms with Crippen LogP contribution in [0.1, 0.15) is 19.8 Å². The minimum absolute atomic E-state index is 0.355. The van der Waals surface area contributed by atoms with Gasteiger partial charge in [0.2, 0.25) is 0 Å². The van der Waals surface area contributed by atoms with E-state index in [1.54, 1.807) is 6.20 Å². The van der Waals surface area contributed by atoms with E-state index in [4.69, 9.17) is 11.6 Å². The third-order valence-electron chi connectivity index (χ3n) is 2.72. The van der Waals surface area contributed by atoms with Crippen molar-refractivity contribution in [3.8, 4) is 0 Å². The van der Waals surface area contributed by atoms with Gasteiger partial charge in [-0.1, -0.05) is 24.3 Å². The fraction of sp³-hybridized carbons (Fsp3) is 0.385. The Hall–Kier alpha value is -1.35. The van der Waals surface area contributed by atoms with Gasteiger partial charge in [0.15, 0.2) is 5.82 Å². The molecule has 0 saturated carbocycles. The van der Waals surface area contributed by atoms with Gasteiger partial charge in [0, 0.05) is 22.7 Å². The molecule has 4 heteroatoms. The lowest BCUT2D eigenvalue weighted by molar-refractivity contribution is 0.689. The molecule has 0 amide bonds. The lowest BCUT2D eigenvalue weighted by Gasteiger charge is -2.14. The fourth-order valence-corrected chi connectivity index (χ4v) is 1.98. The monoisotopic (exact) mass is 249 g/mol. The second kappa shape index (κ2) is 5.82. The molecule has 0 radical (unpaired) electrons. The molecule has 1 atom stereocenters. The third kappa shape index (κ3) is 3.07. The van der Waals surface area contributed by atoms with Gasteiger partial charge < -0.3 is 5.32 Å². The van der Waals surface area contributed by atoms with Crippen molar-refractivity contribution in [1.29, 1.82) is 0 Å². The highest BCUT2D eigenvalue weighted by atomic mass is 35.5. The number of aromatic nitrogens is 2. The van der Waals surface area contributed by atoms with Crippen LogP contribution in [-0.4, -0.2) is 22.1 Å². The van der Waals surface area contributed by atoms with E-state index in [-0.39, 0.29) is 0 Å². The Morgan fingerprint density at radius 2 is 2.18 bits per heavy atom. The topological polar surface area (TPSA) is 37.8 Å². The van der Waals surface area contributed by atoms with Crippen LogP contribution in [0.25, 0.3) is 10.8 Å². The summed E-state index contributed by atoms with van der Waals surface area (Å²) in [6.07, 6.45) is 3.83. The molecule has 1 N–H and O–H groups in total. The Kier molecular flexibility index (Phi) is 4.15. The van der Waals surface area contributed by atoms with Crippen LogP contribution >= 0.6 is 11.6 Å². The Morgan fingerprint density at radius 3 is 3.00 bits per heavy atom. The van der Waals surface area contributed by atoms with E-state index in [0.717, 1.165) is 29.4 Å². The molecular weight excluding hydrogens is 234 g/mol. The maximum atomic E-state index is 5.69. The first-order valence-electron chi connectivity index (χ1n) is 5.84. The summed E-state index contributed by atoms with van der Waals surface area (Å²) in [4.78, 5) is 0. The van der Waals surface area contributed by atoms with Crippen LogP contribution in [0.3, 0.4) is 0 Å². The van der Waals surface area contributed by atoms with Crippen molar-refractivity contribution in [2.75, 3.05) is 11.2 Å². The van der Waals surface area contributed by atoms with Crippen molar-refractivity contribution in [2.45, 2.75) is 25.8 Å². The van der Waals surface area contributed by atoms with Gasteiger partial charge in [0.05, 0.1) is 6.20 Å². The largest absolute Gasteiger partial charge is 0.366 e. The fourth-order valence-electron chi connectivity index (χ4n) is 1.82. The third-order valence-corrected chi connectivity index (χ3v) is 2.99. The van der Waals surface area contributed by atoms with Crippen LogP contribution in [0.5, 0.6) is 0 Å². The molecule has 0 aliphatic rings. The van der Waals surface area contributed by atoms with E-state index in [1.807, 2.05) is 18.2 Å². The number of benzene rings is 1. The molecule has 1 unspecified atom stereocenters. The van der Waals surface area contributed by atoms with Gasteiger partial charge in [-0.2, -0.15) is 5.10 Å². The van der Waals surface area contributed by atoms with Crippen molar-refractivity contribution in [1.82, 2.24) is 10.2 Å². The minimum Gasteiger partial charge on any atom is -0.366 e. The molecule has 1 aromatic heterocycles. The summed E-state index contributed by atoms with van der Waals surface area (Å²) in [6.45, 7) is 2.13. The van der Waals surface area contributed by atoms with Gasteiger partial charge in [-0.25, -0.2) is 0 Å². The van der Waals surface area contributed by atoms with Gasteiger partial charge in [-0.3, -0.25) is 0 Å². The Bertz CT molecular complexity index is 482. The van der Waals surface area contributed by atoms with E-state index < -0.39 is 0 Å². The van der Waals surface area contributed by atoms with Crippen LogP contribution in [0.4, 0.5) is 5.82 Å². The number of nitrogens with zero attached hydrogens (tertiary/aromatic N) is 2. The average Bonchev–Trinajstić information content (AvgIpc) is 2.37. The quantitative estimate of drug-likeness (QED) is 0.825.